The Morgan fingerprint density at radius 2 is 1.48 bits per heavy atom. The Hall–Kier alpha value is -1.51. The lowest BCUT2D eigenvalue weighted by Gasteiger charge is -2.37. The molecular formula is C28H44O3. The van der Waals surface area contributed by atoms with Gasteiger partial charge < -0.3 is 9.47 Å². The SMILES string of the molecule is CCCCOc1ccc(OC(=O)C2CCC(C3CCC(CC(C)CC)CC3)CC2)cc1. The Kier molecular flexibility index (Phi) is 9.74. The van der Waals surface area contributed by atoms with Crippen molar-refractivity contribution in [2.45, 2.75) is 97.8 Å². The maximum Gasteiger partial charge on any atom is 0.314 e. The minimum absolute atomic E-state index is 0.0460. The van der Waals surface area contributed by atoms with Gasteiger partial charge in [0.25, 0.3) is 0 Å². The molecule has 0 aliphatic heterocycles. The zero-order valence-corrected chi connectivity index (χ0v) is 20.1. The predicted octanol–water partition coefficient (Wildman–Crippen LogP) is 7.82. The highest BCUT2D eigenvalue weighted by Crippen LogP contribution is 2.43. The summed E-state index contributed by atoms with van der Waals surface area (Å²) in [5, 5.41) is 0. The molecule has 0 amide bonds. The van der Waals surface area contributed by atoms with Gasteiger partial charge in [-0.05, 0) is 99.3 Å². The lowest BCUT2D eigenvalue weighted by molar-refractivity contribution is -0.140. The van der Waals surface area contributed by atoms with Crippen LogP contribution in [0, 0.1) is 29.6 Å². The summed E-state index contributed by atoms with van der Waals surface area (Å²) in [4.78, 5) is 12.7. The summed E-state index contributed by atoms with van der Waals surface area (Å²) in [5.74, 6) is 5.06. The summed E-state index contributed by atoms with van der Waals surface area (Å²) in [6, 6.07) is 7.49. The van der Waals surface area contributed by atoms with E-state index in [1.165, 1.54) is 51.4 Å². The first kappa shape index (κ1) is 24.1. The van der Waals surface area contributed by atoms with Gasteiger partial charge in [0, 0.05) is 0 Å². The molecule has 1 unspecified atom stereocenters. The predicted molar refractivity (Wildman–Crippen MR) is 127 cm³/mol. The molecule has 31 heavy (non-hydrogen) atoms. The average Bonchev–Trinajstić information content (AvgIpc) is 2.81. The molecule has 3 heteroatoms. The van der Waals surface area contributed by atoms with Crippen LogP contribution in [-0.4, -0.2) is 12.6 Å². The summed E-state index contributed by atoms with van der Waals surface area (Å²) in [6.45, 7) is 7.61. The Bertz CT molecular complexity index is 637. The summed E-state index contributed by atoms with van der Waals surface area (Å²) >= 11 is 0. The molecule has 0 saturated heterocycles. The van der Waals surface area contributed by atoms with Crippen LogP contribution in [0.15, 0.2) is 24.3 Å². The van der Waals surface area contributed by atoms with E-state index in [-0.39, 0.29) is 11.9 Å². The molecule has 0 N–H and O–H groups in total. The second kappa shape index (κ2) is 12.5. The van der Waals surface area contributed by atoms with Gasteiger partial charge in [-0.25, -0.2) is 0 Å². The molecule has 1 aromatic carbocycles. The van der Waals surface area contributed by atoms with Crippen molar-refractivity contribution < 1.29 is 14.3 Å². The van der Waals surface area contributed by atoms with E-state index in [1.807, 2.05) is 24.3 Å². The quantitative estimate of drug-likeness (QED) is 0.216. The molecule has 2 aliphatic carbocycles. The Morgan fingerprint density at radius 3 is 2.06 bits per heavy atom. The minimum atomic E-state index is -0.0460. The van der Waals surface area contributed by atoms with Crippen LogP contribution in [0.3, 0.4) is 0 Å². The average molecular weight is 429 g/mol. The molecule has 2 fully saturated rings. The number of benzene rings is 1. The normalized spacial score (nSPS) is 27.5. The van der Waals surface area contributed by atoms with Gasteiger partial charge in [0.2, 0.25) is 0 Å². The second-order valence-corrected chi connectivity index (χ2v) is 10.2. The third-order valence-corrected chi connectivity index (χ3v) is 7.90. The molecule has 174 valence electrons. The van der Waals surface area contributed by atoms with Crippen LogP contribution in [0.1, 0.15) is 97.8 Å². The molecule has 0 heterocycles. The maximum atomic E-state index is 12.7. The van der Waals surface area contributed by atoms with Crippen LogP contribution >= 0.6 is 0 Å². The van der Waals surface area contributed by atoms with Gasteiger partial charge >= 0.3 is 5.97 Å². The highest BCUT2D eigenvalue weighted by Gasteiger charge is 2.33. The van der Waals surface area contributed by atoms with Gasteiger partial charge in [0.15, 0.2) is 0 Å². The second-order valence-electron chi connectivity index (χ2n) is 10.2. The van der Waals surface area contributed by atoms with Gasteiger partial charge in [0.1, 0.15) is 11.5 Å². The fourth-order valence-corrected chi connectivity index (χ4v) is 5.60. The zero-order valence-electron chi connectivity index (χ0n) is 20.1. The van der Waals surface area contributed by atoms with Crippen LogP contribution < -0.4 is 9.47 Å². The monoisotopic (exact) mass is 428 g/mol. The van der Waals surface area contributed by atoms with Gasteiger partial charge in [-0.15, -0.1) is 0 Å². The lowest BCUT2D eigenvalue weighted by Crippen LogP contribution is -2.30. The number of ether oxygens (including phenoxy) is 2. The first-order valence-electron chi connectivity index (χ1n) is 13.0. The molecule has 2 saturated carbocycles. The van der Waals surface area contributed by atoms with Crippen molar-refractivity contribution in [3.63, 3.8) is 0 Å². The summed E-state index contributed by atoms with van der Waals surface area (Å²) in [7, 11) is 0. The molecule has 2 aliphatic rings. The van der Waals surface area contributed by atoms with E-state index >= 15 is 0 Å². The highest BCUT2D eigenvalue weighted by molar-refractivity contribution is 5.75. The number of hydrogen-bond acceptors (Lipinski definition) is 3. The van der Waals surface area contributed by atoms with E-state index in [0.717, 1.165) is 61.7 Å². The smallest absolute Gasteiger partial charge is 0.314 e. The van der Waals surface area contributed by atoms with Gasteiger partial charge in [-0.1, -0.05) is 46.5 Å². The summed E-state index contributed by atoms with van der Waals surface area (Å²) in [5.41, 5.74) is 0. The van der Waals surface area contributed by atoms with Gasteiger partial charge in [0.05, 0.1) is 12.5 Å². The fraction of sp³-hybridized carbons (Fsp3) is 0.750. The van der Waals surface area contributed by atoms with Crippen molar-refractivity contribution in [2.75, 3.05) is 6.61 Å². The van der Waals surface area contributed by atoms with Crippen LogP contribution in [0.25, 0.3) is 0 Å². The van der Waals surface area contributed by atoms with Crippen molar-refractivity contribution in [1.29, 1.82) is 0 Å². The molecular weight excluding hydrogens is 384 g/mol. The number of unbranched alkanes of at least 4 members (excludes halogenated alkanes) is 1. The summed E-state index contributed by atoms with van der Waals surface area (Å²) < 4.78 is 11.4. The number of rotatable bonds is 10. The van der Waals surface area contributed by atoms with Crippen molar-refractivity contribution in [3.8, 4) is 11.5 Å². The van der Waals surface area contributed by atoms with Crippen LogP contribution in [0.4, 0.5) is 0 Å². The molecule has 1 aromatic rings. The fourth-order valence-electron chi connectivity index (χ4n) is 5.60. The standard InChI is InChI=1S/C28H44O3/c1-4-6-19-30-26-15-17-27(18-16-26)31-28(29)25-13-11-24(12-14-25)23-9-7-22(8-10-23)20-21(3)5-2/h15-18,21-25H,4-14,19-20H2,1-3H3. The third kappa shape index (κ3) is 7.54. The van der Waals surface area contributed by atoms with E-state index in [0.29, 0.717) is 5.75 Å². The topological polar surface area (TPSA) is 35.5 Å². The van der Waals surface area contributed by atoms with Crippen molar-refractivity contribution >= 4 is 5.97 Å². The number of esters is 1. The van der Waals surface area contributed by atoms with E-state index in [4.69, 9.17) is 9.47 Å². The number of carbonyl (C=O) groups excluding carboxylic acids is 1. The molecule has 0 radical (unpaired) electrons. The maximum absolute atomic E-state index is 12.7. The first-order chi connectivity index (χ1) is 15.1. The van der Waals surface area contributed by atoms with Crippen LogP contribution in [-0.2, 0) is 4.79 Å². The molecule has 1 atom stereocenters. The van der Waals surface area contributed by atoms with Crippen molar-refractivity contribution in [2.24, 2.45) is 29.6 Å². The number of carbonyl (C=O) groups is 1. The molecule has 3 nitrogen and oxygen atoms in total. The molecule has 0 bridgehead atoms. The lowest BCUT2D eigenvalue weighted by atomic mass is 9.68. The summed E-state index contributed by atoms with van der Waals surface area (Å²) in [6.07, 6.45) is 15.0. The highest BCUT2D eigenvalue weighted by atomic mass is 16.5. The molecule has 0 spiro atoms. The molecule has 0 aromatic heterocycles. The minimum Gasteiger partial charge on any atom is -0.494 e. The first-order valence-corrected chi connectivity index (χ1v) is 13.0. The van der Waals surface area contributed by atoms with Crippen LogP contribution in [0.5, 0.6) is 11.5 Å². The van der Waals surface area contributed by atoms with E-state index in [1.54, 1.807) is 0 Å². The Balaban J connectivity index is 1.37. The van der Waals surface area contributed by atoms with Crippen LogP contribution in [0.2, 0.25) is 0 Å². The third-order valence-electron chi connectivity index (χ3n) is 7.90. The van der Waals surface area contributed by atoms with Crippen molar-refractivity contribution in [3.05, 3.63) is 24.3 Å². The van der Waals surface area contributed by atoms with E-state index in [9.17, 15) is 4.79 Å². The van der Waals surface area contributed by atoms with Crippen molar-refractivity contribution in [1.82, 2.24) is 0 Å². The zero-order chi connectivity index (χ0) is 22.1. The van der Waals surface area contributed by atoms with Gasteiger partial charge in [-0.3, -0.25) is 4.79 Å². The van der Waals surface area contributed by atoms with E-state index in [2.05, 4.69) is 20.8 Å². The Morgan fingerprint density at radius 1 is 0.903 bits per heavy atom. The van der Waals surface area contributed by atoms with E-state index < -0.39 is 0 Å². The largest absolute Gasteiger partial charge is 0.494 e. The molecule has 3 rings (SSSR count). The Labute approximate surface area is 190 Å². The van der Waals surface area contributed by atoms with Gasteiger partial charge in [-0.2, -0.15) is 0 Å². The number of hydrogen-bond donors (Lipinski definition) is 0.